The van der Waals surface area contributed by atoms with Crippen molar-refractivity contribution in [2.45, 2.75) is 77.9 Å². The van der Waals surface area contributed by atoms with E-state index in [0.717, 1.165) is 12.0 Å². The van der Waals surface area contributed by atoms with E-state index in [-0.39, 0.29) is 30.2 Å². The van der Waals surface area contributed by atoms with Gasteiger partial charge in [-0.1, -0.05) is 26.0 Å². The van der Waals surface area contributed by atoms with E-state index >= 15 is 0 Å². The highest BCUT2D eigenvalue weighted by atomic mass is 16.3. The first-order chi connectivity index (χ1) is 16.5. The second-order valence-electron chi connectivity index (χ2n) is 9.27. The third-order valence-corrected chi connectivity index (χ3v) is 5.36. The van der Waals surface area contributed by atoms with E-state index in [0.29, 0.717) is 38.1 Å². The lowest BCUT2D eigenvalue weighted by Gasteiger charge is -2.22. The number of benzene rings is 1. The van der Waals surface area contributed by atoms with Gasteiger partial charge in [-0.3, -0.25) is 19.2 Å². The first-order valence-corrected chi connectivity index (χ1v) is 12.2. The van der Waals surface area contributed by atoms with Crippen molar-refractivity contribution in [3.63, 3.8) is 0 Å². The SMILES string of the molecule is CC(C)CCC(=O)NCC(=O)NC(CCCN)C(=O)N[C@@H](C)C(=O)NC(C)Cc1ccc(O)cc1. The molecule has 1 aromatic rings. The van der Waals surface area contributed by atoms with Crippen molar-refractivity contribution in [3.05, 3.63) is 29.8 Å². The zero-order chi connectivity index (χ0) is 26.4. The maximum absolute atomic E-state index is 12.8. The number of amides is 4. The molecule has 10 nitrogen and oxygen atoms in total. The van der Waals surface area contributed by atoms with Crippen LogP contribution in [0.2, 0.25) is 0 Å². The van der Waals surface area contributed by atoms with E-state index in [4.69, 9.17) is 5.73 Å². The van der Waals surface area contributed by atoms with Crippen molar-refractivity contribution in [3.8, 4) is 5.75 Å². The largest absolute Gasteiger partial charge is 0.508 e. The molecule has 1 rings (SSSR count). The number of hydrogen-bond acceptors (Lipinski definition) is 6. The average molecular weight is 492 g/mol. The van der Waals surface area contributed by atoms with Crippen LogP contribution in [0.3, 0.4) is 0 Å². The van der Waals surface area contributed by atoms with Crippen molar-refractivity contribution in [2.24, 2.45) is 11.7 Å². The van der Waals surface area contributed by atoms with E-state index in [9.17, 15) is 24.3 Å². The van der Waals surface area contributed by atoms with Gasteiger partial charge in [-0.15, -0.1) is 0 Å². The summed E-state index contributed by atoms with van der Waals surface area (Å²) in [5.41, 5.74) is 6.51. The summed E-state index contributed by atoms with van der Waals surface area (Å²) in [4.78, 5) is 49.5. The molecule has 0 fully saturated rings. The minimum atomic E-state index is -0.872. The third-order valence-electron chi connectivity index (χ3n) is 5.36. The van der Waals surface area contributed by atoms with E-state index in [2.05, 4.69) is 21.3 Å². The number of carbonyl (C=O) groups excluding carboxylic acids is 4. The number of aromatic hydroxyl groups is 1. The van der Waals surface area contributed by atoms with Crippen LogP contribution < -0.4 is 27.0 Å². The summed E-state index contributed by atoms with van der Waals surface area (Å²) in [7, 11) is 0. The molecular weight excluding hydrogens is 450 g/mol. The van der Waals surface area contributed by atoms with Crippen LogP contribution in [0.1, 0.15) is 58.9 Å². The topological polar surface area (TPSA) is 163 Å². The zero-order valence-corrected chi connectivity index (χ0v) is 21.2. The van der Waals surface area contributed by atoms with Gasteiger partial charge in [0, 0.05) is 12.5 Å². The van der Waals surface area contributed by atoms with Crippen LogP contribution in [0.5, 0.6) is 5.75 Å². The predicted molar refractivity (Wildman–Crippen MR) is 134 cm³/mol. The molecule has 196 valence electrons. The molecule has 7 N–H and O–H groups in total. The number of phenols is 1. The highest BCUT2D eigenvalue weighted by molar-refractivity contribution is 5.93. The van der Waals surface area contributed by atoms with Gasteiger partial charge in [0.25, 0.3) is 0 Å². The molecular formula is C25H41N5O5. The average Bonchev–Trinajstić information content (AvgIpc) is 2.80. The number of phenolic OH excluding ortho intramolecular Hbond substituents is 1. The fraction of sp³-hybridized carbons (Fsp3) is 0.600. The van der Waals surface area contributed by atoms with Gasteiger partial charge < -0.3 is 32.1 Å². The lowest BCUT2D eigenvalue weighted by atomic mass is 10.1. The van der Waals surface area contributed by atoms with Crippen molar-refractivity contribution in [1.29, 1.82) is 0 Å². The van der Waals surface area contributed by atoms with Crippen molar-refractivity contribution >= 4 is 23.6 Å². The fourth-order valence-corrected chi connectivity index (χ4v) is 3.31. The first kappa shape index (κ1) is 29.9. The highest BCUT2D eigenvalue weighted by Gasteiger charge is 2.24. The van der Waals surface area contributed by atoms with Gasteiger partial charge in [0.05, 0.1) is 6.54 Å². The summed E-state index contributed by atoms with van der Waals surface area (Å²) >= 11 is 0. The number of nitrogens with two attached hydrogens (primary N) is 1. The minimum Gasteiger partial charge on any atom is -0.508 e. The maximum Gasteiger partial charge on any atom is 0.243 e. The van der Waals surface area contributed by atoms with Crippen LogP contribution in [0, 0.1) is 5.92 Å². The molecule has 4 amide bonds. The molecule has 0 radical (unpaired) electrons. The maximum atomic E-state index is 12.8. The Balaban J connectivity index is 2.56. The van der Waals surface area contributed by atoms with Gasteiger partial charge in [0.2, 0.25) is 23.6 Å². The van der Waals surface area contributed by atoms with Crippen LogP contribution in [0.15, 0.2) is 24.3 Å². The molecule has 0 aromatic heterocycles. The molecule has 0 aliphatic carbocycles. The molecule has 35 heavy (non-hydrogen) atoms. The van der Waals surface area contributed by atoms with E-state index in [1.165, 1.54) is 0 Å². The highest BCUT2D eigenvalue weighted by Crippen LogP contribution is 2.11. The van der Waals surface area contributed by atoms with Crippen LogP contribution in [-0.4, -0.2) is 60.0 Å². The summed E-state index contributed by atoms with van der Waals surface area (Å²) in [5, 5.41) is 20.0. The molecule has 0 heterocycles. The number of rotatable bonds is 15. The molecule has 10 heteroatoms. The summed E-state index contributed by atoms with van der Waals surface area (Å²) in [6.45, 7) is 7.55. The Labute approximate surface area is 207 Å². The van der Waals surface area contributed by atoms with Gasteiger partial charge in [-0.25, -0.2) is 0 Å². The fourth-order valence-electron chi connectivity index (χ4n) is 3.31. The number of carbonyl (C=O) groups is 4. The Kier molecular flexibility index (Phi) is 13.4. The second kappa shape index (κ2) is 15.7. The van der Waals surface area contributed by atoms with Gasteiger partial charge in [0.1, 0.15) is 17.8 Å². The van der Waals surface area contributed by atoms with Gasteiger partial charge in [-0.2, -0.15) is 0 Å². The lowest BCUT2D eigenvalue weighted by molar-refractivity contribution is -0.132. The molecule has 3 atom stereocenters. The minimum absolute atomic E-state index is 0.173. The molecule has 0 saturated carbocycles. The Morgan fingerprint density at radius 1 is 0.886 bits per heavy atom. The molecule has 0 aliphatic heterocycles. The Hall–Kier alpha value is -3.14. The van der Waals surface area contributed by atoms with Crippen molar-refractivity contribution < 1.29 is 24.3 Å². The predicted octanol–water partition coefficient (Wildman–Crippen LogP) is 0.720. The smallest absolute Gasteiger partial charge is 0.243 e. The second-order valence-corrected chi connectivity index (χ2v) is 9.27. The molecule has 0 saturated heterocycles. The van der Waals surface area contributed by atoms with Gasteiger partial charge >= 0.3 is 0 Å². The summed E-state index contributed by atoms with van der Waals surface area (Å²) in [5.74, 6) is -0.999. The van der Waals surface area contributed by atoms with E-state index in [1.54, 1.807) is 31.2 Å². The normalized spacial score (nSPS) is 13.4. The Morgan fingerprint density at radius 3 is 2.14 bits per heavy atom. The number of nitrogens with one attached hydrogen (secondary N) is 4. The third kappa shape index (κ3) is 12.8. The summed E-state index contributed by atoms with van der Waals surface area (Å²) in [6.07, 6.45) is 2.43. The lowest BCUT2D eigenvalue weighted by Crippen LogP contribution is -2.54. The van der Waals surface area contributed by atoms with E-state index < -0.39 is 23.9 Å². The van der Waals surface area contributed by atoms with Crippen molar-refractivity contribution in [2.75, 3.05) is 13.1 Å². The van der Waals surface area contributed by atoms with Crippen LogP contribution in [0.4, 0.5) is 0 Å². The zero-order valence-electron chi connectivity index (χ0n) is 21.2. The van der Waals surface area contributed by atoms with Crippen LogP contribution in [-0.2, 0) is 25.6 Å². The summed E-state index contributed by atoms with van der Waals surface area (Å²) < 4.78 is 0. The van der Waals surface area contributed by atoms with Gasteiger partial charge in [0.15, 0.2) is 0 Å². The van der Waals surface area contributed by atoms with Crippen molar-refractivity contribution in [1.82, 2.24) is 21.3 Å². The molecule has 0 spiro atoms. The first-order valence-electron chi connectivity index (χ1n) is 12.2. The Morgan fingerprint density at radius 2 is 1.54 bits per heavy atom. The molecule has 1 aromatic carbocycles. The summed E-state index contributed by atoms with van der Waals surface area (Å²) in [6, 6.07) is 4.83. The monoisotopic (exact) mass is 491 g/mol. The number of hydrogen-bond donors (Lipinski definition) is 6. The molecule has 0 bridgehead atoms. The van der Waals surface area contributed by atoms with E-state index in [1.807, 2.05) is 20.8 Å². The van der Waals surface area contributed by atoms with Gasteiger partial charge in [-0.05, 0) is 69.7 Å². The molecule has 2 unspecified atom stereocenters. The standard InChI is InChI=1S/C25H41N5O5/c1-16(2)7-12-22(32)27-15-23(33)30-21(6-5-13-26)25(35)29-18(4)24(34)28-17(3)14-19-8-10-20(31)11-9-19/h8-11,16-18,21,31H,5-7,12-15,26H2,1-4H3,(H,27,32)(H,28,34)(H,29,35)(H,30,33)/t17?,18-,21?/m0/s1. The quantitative estimate of drug-likeness (QED) is 0.212. The molecule has 0 aliphatic rings. The Bertz CT molecular complexity index is 828. The van der Waals surface area contributed by atoms with Crippen LogP contribution in [0.25, 0.3) is 0 Å². The van der Waals surface area contributed by atoms with Crippen LogP contribution >= 0.6 is 0 Å².